The fraction of sp³-hybridized carbons (Fsp3) is 0.533. The fourth-order valence-electron chi connectivity index (χ4n) is 5.36. The Bertz CT molecular complexity index is 1220. The van der Waals surface area contributed by atoms with E-state index in [4.69, 9.17) is 25.8 Å². The highest BCUT2D eigenvalue weighted by Crippen LogP contribution is 2.45. The van der Waals surface area contributed by atoms with Crippen LogP contribution in [0.4, 0.5) is 5.69 Å². The molecule has 2 heterocycles. The zero-order valence-electron chi connectivity index (χ0n) is 23.9. The molecule has 2 amide bonds. The summed E-state index contributed by atoms with van der Waals surface area (Å²) in [5.74, 6) is 0.140. The number of rotatable bonds is 12. The lowest BCUT2D eigenvalue weighted by Gasteiger charge is -2.34. The molecule has 0 aliphatic carbocycles. The lowest BCUT2D eigenvalue weighted by molar-refractivity contribution is -0.138. The van der Waals surface area contributed by atoms with Gasteiger partial charge in [-0.05, 0) is 50.2 Å². The number of fused-ring (bicyclic) bond motifs is 1. The number of methoxy groups -OCH3 is 2. The maximum atomic E-state index is 14.1. The van der Waals surface area contributed by atoms with Crippen LogP contribution in [0, 0.1) is 5.41 Å². The molecule has 0 aromatic heterocycles. The van der Waals surface area contributed by atoms with E-state index < -0.39 is 23.5 Å². The van der Waals surface area contributed by atoms with Crippen LogP contribution in [0.3, 0.4) is 0 Å². The molecular weight excluding hydrogens is 550 g/mol. The number of amides is 2. The molecule has 1 saturated heterocycles. The second-order valence-electron chi connectivity index (χ2n) is 10.9. The molecule has 0 saturated carbocycles. The minimum atomic E-state index is -1.17. The first-order chi connectivity index (χ1) is 19.7. The van der Waals surface area contributed by atoms with Crippen LogP contribution in [0.2, 0.25) is 5.02 Å². The highest BCUT2D eigenvalue weighted by atomic mass is 35.5. The zero-order chi connectivity index (χ0) is 29.6. The molecule has 10 nitrogen and oxygen atoms in total. The highest BCUT2D eigenvalue weighted by molar-refractivity contribution is 6.30. The summed E-state index contributed by atoms with van der Waals surface area (Å²) in [6.07, 6.45) is 0.0905. The summed E-state index contributed by atoms with van der Waals surface area (Å²) in [5.41, 5.74) is 0.659. The van der Waals surface area contributed by atoms with Crippen molar-refractivity contribution in [3.63, 3.8) is 0 Å². The second-order valence-corrected chi connectivity index (χ2v) is 11.4. The number of para-hydroxylation sites is 1. The van der Waals surface area contributed by atoms with Gasteiger partial charge in [-0.25, -0.2) is 0 Å². The molecule has 4 rings (SSSR count). The number of nitrogens with one attached hydrogen (secondary N) is 1. The van der Waals surface area contributed by atoms with E-state index in [2.05, 4.69) is 10.2 Å². The molecule has 2 aromatic carbocycles. The average molecular weight is 592 g/mol. The molecule has 2 aromatic rings. The van der Waals surface area contributed by atoms with Crippen molar-refractivity contribution < 1.29 is 35.4 Å². The molecule has 3 N–H and O–H groups in total. The van der Waals surface area contributed by atoms with Gasteiger partial charge in [0.1, 0.15) is 12.2 Å². The molecule has 2 atom stereocenters. The van der Waals surface area contributed by atoms with Gasteiger partial charge < -0.3 is 39.5 Å². The topological polar surface area (TPSA) is 121 Å². The number of nitrogens with zero attached hydrogens (tertiary/aromatic N) is 2. The van der Waals surface area contributed by atoms with E-state index in [9.17, 15) is 19.8 Å². The first kappa shape index (κ1) is 31.1. The summed E-state index contributed by atoms with van der Waals surface area (Å²) >= 11 is 6.46. The monoisotopic (exact) mass is 591 g/mol. The maximum Gasteiger partial charge on any atom is 0.256 e. The smallest absolute Gasteiger partial charge is 0.256 e. The molecule has 0 bridgehead atoms. The number of aliphatic hydroxyl groups is 2. The number of aliphatic hydroxyl groups excluding tert-OH is 2. The van der Waals surface area contributed by atoms with Crippen LogP contribution in [0.1, 0.15) is 44.8 Å². The predicted octanol–water partition coefficient (Wildman–Crippen LogP) is 3.02. The van der Waals surface area contributed by atoms with Gasteiger partial charge in [0.25, 0.3) is 5.91 Å². The van der Waals surface area contributed by atoms with Crippen LogP contribution < -0.4 is 19.7 Å². The quantitative estimate of drug-likeness (QED) is 0.344. The Kier molecular flexibility index (Phi) is 10.5. The number of likely N-dealkylation sites (tertiary alicyclic amines) is 1. The van der Waals surface area contributed by atoms with E-state index in [0.29, 0.717) is 39.9 Å². The summed E-state index contributed by atoms with van der Waals surface area (Å²) in [5, 5.41) is 23.5. The van der Waals surface area contributed by atoms with Gasteiger partial charge >= 0.3 is 0 Å². The summed E-state index contributed by atoms with van der Waals surface area (Å²) in [6, 6.07) is 10.5. The molecule has 226 valence electrons. The molecule has 1 fully saturated rings. The third-order valence-corrected chi connectivity index (χ3v) is 7.98. The largest absolute Gasteiger partial charge is 0.493 e. The summed E-state index contributed by atoms with van der Waals surface area (Å²) in [7, 11) is 3.05. The standard InChI is InChI=1S/C30H40ClN3O7.H2/c1-30(18-35,19-36)17-34-23-10-9-20(31)15-22(23)27(21-7-6-8-24(39-2)28(21)40-3)41-25(29(34)38)16-26(37)32-11-14-33-12-4-5-13-33;/h6-10,15,25,27,35-36H,4-5,11-14,16-19H2,1-3H3,(H,32,37);1H/t25-,27-;/m1./s1. The van der Waals surface area contributed by atoms with Crippen LogP contribution in [0.5, 0.6) is 11.5 Å². The summed E-state index contributed by atoms with van der Waals surface area (Å²) < 4.78 is 17.7. The predicted molar refractivity (Wildman–Crippen MR) is 158 cm³/mol. The van der Waals surface area contributed by atoms with Crippen molar-refractivity contribution in [2.75, 3.05) is 65.1 Å². The van der Waals surface area contributed by atoms with Gasteiger partial charge in [0.2, 0.25) is 5.91 Å². The number of ether oxygens (including phenoxy) is 3. The van der Waals surface area contributed by atoms with Gasteiger partial charge in [0, 0.05) is 48.3 Å². The van der Waals surface area contributed by atoms with Gasteiger partial charge in [0.15, 0.2) is 11.5 Å². The van der Waals surface area contributed by atoms with Crippen molar-refractivity contribution in [3.05, 3.63) is 52.5 Å². The minimum Gasteiger partial charge on any atom is -0.493 e. The van der Waals surface area contributed by atoms with Crippen LogP contribution in [-0.2, 0) is 14.3 Å². The first-order valence-corrected chi connectivity index (χ1v) is 14.3. The molecule has 0 spiro atoms. The lowest BCUT2D eigenvalue weighted by atomic mass is 9.91. The normalized spacial score (nSPS) is 19.6. The minimum absolute atomic E-state index is 0. The number of anilines is 1. The van der Waals surface area contributed by atoms with Gasteiger partial charge in [-0.15, -0.1) is 0 Å². The Morgan fingerprint density at radius 3 is 2.54 bits per heavy atom. The zero-order valence-corrected chi connectivity index (χ0v) is 24.7. The van der Waals surface area contributed by atoms with E-state index in [0.717, 1.165) is 32.5 Å². The molecular formula is C30H42ClN3O7. The molecule has 0 unspecified atom stereocenters. The lowest BCUT2D eigenvalue weighted by Crippen LogP contribution is -2.48. The fourth-order valence-corrected chi connectivity index (χ4v) is 5.54. The highest BCUT2D eigenvalue weighted by Gasteiger charge is 2.41. The summed E-state index contributed by atoms with van der Waals surface area (Å²) in [6.45, 7) is 4.23. The van der Waals surface area contributed by atoms with E-state index >= 15 is 0 Å². The van der Waals surface area contributed by atoms with E-state index in [-0.39, 0.29) is 33.5 Å². The molecule has 41 heavy (non-hydrogen) atoms. The number of hydrogen-bond acceptors (Lipinski definition) is 8. The molecule has 2 aliphatic heterocycles. The van der Waals surface area contributed by atoms with Crippen molar-refractivity contribution in [1.82, 2.24) is 10.2 Å². The first-order valence-electron chi connectivity index (χ1n) is 13.9. The maximum absolute atomic E-state index is 14.1. The van der Waals surface area contributed by atoms with Crippen molar-refractivity contribution in [2.24, 2.45) is 5.41 Å². The van der Waals surface area contributed by atoms with Gasteiger partial charge in [0.05, 0.1) is 33.9 Å². The Morgan fingerprint density at radius 2 is 1.88 bits per heavy atom. The Morgan fingerprint density at radius 1 is 1.15 bits per heavy atom. The summed E-state index contributed by atoms with van der Waals surface area (Å²) in [4.78, 5) is 31.0. The Hall–Kier alpha value is -2.89. The van der Waals surface area contributed by atoms with Crippen molar-refractivity contribution in [1.29, 1.82) is 0 Å². The molecule has 11 heteroatoms. The van der Waals surface area contributed by atoms with Crippen LogP contribution >= 0.6 is 11.6 Å². The number of hydrogen-bond donors (Lipinski definition) is 3. The Labute approximate surface area is 247 Å². The van der Waals surface area contributed by atoms with Crippen LogP contribution in [0.25, 0.3) is 0 Å². The Balaban J connectivity index is 0.00000484. The average Bonchev–Trinajstić information content (AvgIpc) is 3.47. The van der Waals surface area contributed by atoms with E-state index in [1.54, 1.807) is 37.3 Å². The van der Waals surface area contributed by atoms with Gasteiger partial charge in [-0.2, -0.15) is 0 Å². The number of benzene rings is 2. The number of carbonyl (C=O) groups excluding carboxylic acids is 2. The van der Waals surface area contributed by atoms with Crippen molar-refractivity contribution in [2.45, 2.75) is 38.4 Å². The molecule has 0 radical (unpaired) electrons. The van der Waals surface area contributed by atoms with E-state index in [1.165, 1.54) is 19.1 Å². The van der Waals surface area contributed by atoms with Crippen molar-refractivity contribution >= 4 is 29.1 Å². The third kappa shape index (κ3) is 7.13. The van der Waals surface area contributed by atoms with Crippen molar-refractivity contribution in [3.8, 4) is 11.5 Å². The second kappa shape index (κ2) is 13.8. The third-order valence-electron chi connectivity index (χ3n) is 7.74. The number of carbonyl (C=O) groups is 2. The molecule has 2 aliphatic rings. The van der Waals surface area contributed by atoms with Crippen LogP contribution in [0.15, 0.2) is 36.4 Å². The van der Waals surface area contributed by atoms with Gasteiger partial charge in [-0.3, -0.25) is 9.59 Å². The van der Waals surface area contributed by atoms with Crippen LogP contribution in [-0.4, -0.2) is 93.2 Å². The number of halogens is 1. The SMILES string of the molecule is COc1cccc([C@H]2O[C@H](CC(=O)NCCN3CCCC3)C(=O)N(CC(C)(CO)CO)c3ccc(Cl)cc32)c1OC.[HH]. The van der Waals surface area contributed by atoms with E-state index in [1.807, 2.05) is 6.07 Å². The van der Waals surface area contributed by atoms with Gasteiger partial charge in [-0.1, -0.05) is 30.7 Å².